The van der Waals surface area contributed by atoms with Crippen molar-refractivity contribution in [3.8, 4) is 0 Å². The van der Waals surface area contributed by atoms with Crippen molar-refractivity contribution in [1.29, 1.82) is 0 Å². The predicted molar refractivity (Wildman–Crippen MR) is 110 cm³/mol. The average molecular weight is 395 g/mol. The first-order chi connectivity index (χ1) is 13.2. The monoisotopic (exact) mass is 394 g/mol. The predicted octanol–water partition coefficient (Wildman–Crippen LogP) is 6.10. The molecule has 2 rings (SSSR count). The van der Waals surface area contributed by atoms with Crippen molar-refractivity contribution in [2.75, 3.05) is 6.61 Å². The molecule has 28 heavy (non-hydrogen) atoms. The number of benzene rings is 2. The third-order valence-corrected chi connectivity index (χ3v) is 3.98. The summed E-state index contributed by atoms with van der Waals surface area (Å²) in [6, 6.07) is 19.2. The molecule has 2 aromatic carbocycles. The molecule has 158 valence electrons. The molecule has 6 heteroatoms. The van der Waals surface area contributed by atoms with Crippen LogP contribution in [0.25, 0.3) is 0 Å². The molecule has 2 aromatic rings. The molecule has 0 unspecified atom stereocenters. The van der Waals surface area contributed by atoms with Crippen LogP contribution in [0.4, 0.5) is 0 Å². The van der Waals surface area contributed by atoms with Gasteiger partial charge in [0.25, 0.3) is 0 Å². The fourth-order valence-corrected chi connectivity index (χ4v) is 1.99. The first-order valence-electron chi connectivity index (χ1n) is 9.27. The third kappa shape index (κ3) is 10.5. The summed E-state index contributed by atoms with van der Waals surface area (Å²) >= 11 is 0. The Hall–Kier alpha value is -1.80. The molecule has 0 saturated heterocycles. The molecule has 0 radical (unpaired) electrons. The van der Waals surface area contributed by atoms with Crippen molar-refractivity contribution >= 4 is 0 Å². The van der Waals surface area contributed by atoms with Crippen LogP contribution >= 0.6 is 0 Å². The molecule has 0 aliphatic rings. The zero-order valence-corrected chi connectivity index (χ0v) is 17.5. The number of hydrogen-bond acceptors (Lipinski definition) is 6. The van der Waals surface area contributed by atoms with Gasteiger partial charge < -0.3 is 0 Å². The molecule has 0 aliphatic heterocycles. The van der Waals surface area contributed by atoms with E-state index in [0.29, 0.717) is 6.61 Å². The molecule has 0 saturated carbocycles. The summed E-state index contributed by atoms with van der Waals surface area (Å²) < 4.78 is 0. The lowest BCUT2D eigenvalue weighted by molar-refractivity contribution is -0.318. The molecule has 0 aliphatic carbocycles. The standard InChI is InChI=1S/2C9H12O2.C4H10O2/c2*1-9(2,11-10)8-6-4-3-5-7-8;1-2-3-4-6-5/h2*3-7,10H,1-2H3;5H,2-4H2,1H3. The van der Waals surface area contributed by atoms with Crippen LogP contribution in [0.5, 0.6) is 0 Å². The smallest absolute Gasteiger partial charge is 0.123 e. The normalized spacial score (nSPS) is 11.0. The van der Waals surface area contributed by atoms with Crippen LogP contribution < -0.4 is 0 Å². The van der Waals surface area contributed by atoms with Gasteiger partial charge in [0.2, 0.25) is 0 Å². The molecule has 0 fully saturated rings. The van der Waals surface area contributed by atoms with Crippen molar-refractivity contribution < 1.29 is 30.4 Å². The summed E-state index contributed by atoms with van der Waals surface area (Å²) in [4.78, 5) is 12.4. The summed E-state index contributed by atoms with van der Waals surface area (Å²) in [5.74, 6) is 0. The maximum absolute atomic E-state index is 8.55. The Balaban J connectivity index is 0.000000411. The van der Waals surface area contributed by atoms with Crippen molar-refractivity contribution in [2.45, 2.75) is 58.7 Å². The third-order valence-electron chi connectivity index (χ3n) is 3.98. The fourth-order valence-electron chi connectivity index (χ4n) is 1.99. The minimum absolute atomic E-state index is 0.469. The second-order valence-electron chi connectivity index (χ2n) is 7.12. The lowest BCUT2D eigenvalue weighted by Crippen LogP contribution is -2.19. The average Bonchev–Trinajstić information content (AvgIpc) is 2.74. The Morgan fingerprint density at radius 3 is 1.25 bits per heavy atom. The molecule has 3 N–H and O–H groups in total. The van der Waals surface area contributed by atoms with Crippen molar-refractivity contribution in [3.63, 3.8) is 0 Å². The molecule has 6 nitrogen and oxygen atoms in total. The van der Waals surface area contributed by atoms with E-state index >= 15 is 0 Å². The van der Waals surface area contributed by atoms with E-state index in [9.17, 15) is 0 Å². The topological polar surface area (TPSA) is 88.4 Å². The Bertz CT molecular complexity index is 543. The SMILES string of the molecule is CC(C)(OO)c1ccccc1.CC(C)(OO)c1ccccc1.CCCCOO. The van der Waals surface area contributed by atoms with Gasteiger partial charge in [-0.25, -0.2) is 14.7 Å². The Morgan fingerprint density at radius 1 is 0.679 bits per heavy atom. The first-order valence-corrected chi connectivity index (χ1v) is 9.27. The van der Waals surface area contributed by atoms with Crippen molar-refractivity contribution in [2.24, 2.45) is 0 Å². The van der Waals surface area contributed by atoms with Crippen LogP contribution in [0.3, 0.4) is 0 Å². The summed E-state index contributed by atoms with van der Waals surface area (Å²) in [7, 11) is 0. The van der Waals surface area contributed by atoms with Crippen LogP contribution in [0.15, 0.2) is 60.7 Å². The largest absolute Gasteiger partial charge is 0.252 e. The van der Waals surface area contributed by atoms with E-state index in [0.717, 1.165) is 24.0 Å². The van der Waals surface area contributed by atoms with Gasteiger partial charge in [0.05, 0.1) is 6.61 Å². The van der Waals surface area contributed by atoms with E-state index in [1.165, 1.54) is 0 Å². The van der Waals surface area contributed by atoms with Gasteiger partial charge in [0.15, 0.2) is 0 Å². The summed E-state index contributed by atoms with van der Waals surface area (Å²) in [5, 5.41) is 24.8. The number of hydrogen-bond donors (Lipinski definition) is 3. The molecular formula is C22H34O6. The van der Waals surface area contributed by atoms with E-state index in [-0.39, 0.29) is 0 Å². The van der Waals surface area contributed by atoms with Gasteiger partial charge in [-0.1, -0.05) is 74.0 Å². The molecule has 0 atom stereocenters. The number of unbranched alkanes of at least 4 members (excludes halogenated alkanes) is 1. The Kier molecular flexibility index (Phi) is 13.3. The molecule has 0 amide bonds. The number of rotatable bonds is 7. The van der Waals surface area contributed by atoms with E-state index in [1.807, 2.05) is 95.3 Å². The molecule has 0 spiro atoms. The van der Waals surface area contributed by atoms with Crippen LogP contribution in [0, 0.1) is 0 Å². The fraction of sp³-hybridized carbons (Fsp3) is 0.455. The van der Waals surface area contributed by atoms with E-state index in [2.05, 4.69) is 14.7 Å². The Morgan fingerprint density at radius 2 is 1.04 bits per heavy atom. The second-order valence-corrected chi connectivity index (χ2v) is 7.12. The lowest BCUT2D eigenvalue weighted by atomic mass is 9.99. The van der Waals surface area contributed by atoms with Gasteiger partial charge in [-0.3, -0.25) is 15.8 Å². The first kappa shape index (κ1) is 26.2. The molecule has 0 heterocycles. The lowest BCUT2D eigenvalue weighted by Gasteiger charge is -2.20. The minimum Gasteiger partial charge on any atom is -0.252 e. The maximum atomic E-state index is 8.55. The van der Waals surface area contributed by atoms with Gasteiger partial charge in [-0.2, -0.15) is 0 Å². The van der Waals surface area contributed by atoms with Crippen LogP contribution in [0.1, 0.15) is 58.6 Å². The second kappa shape index (κ2) is 14.2. The highest BCUT2D eigenvalue weighted by Gasteiger charge is 2.21. The van der Waals surface area contributed by atoms with Gasteiger partial charge >= 0.3 is 0 Å². The molecule has 0 aromatic heterocycles. The van der Waals surface area contributed by atoms with E-state index < -0.39 is 11.2 Å². The van der Waals surface area contributed by atoms with Gasteiger partial charge in [-0.15, -0.1) is 0 Å². The van der Waals surface area contributed by atoms with Gasteiger partial charge in [-0.05, 0) is 45.2 Å². The maximum Gasteiger partial charge on any atom is 0.123 e. The van der Waals surface area contributed by atoms with Gasteiger partial charge in [0.1, 0.15) is 11.2 Å². The highest BCUT2D eigenvalue weighted by Crippen LogP contribution is 2.23. The minimum atomic E-state index is -0.610. The Labute approximate surface area is 168 Å². The molecule has 0 bridgehead atoms. The zero-order valence-electron chi connectivity index (χ0n) is 17.5. The van der Waals surface area contributed by atoms with Crippen molar-refractivity contribution in [1.82, 2.24) is 0 Å². The molecular weight excluding hydrogens is 360 g/mol. The van der Waals surface area contributed by atoms with Crippen LogP contribution in [-0.2, 0) is 25.9 Å². The van der Waals surface area contributed by atoms with Crippen LogP contribution in [0.2, 0.25) is 0 Å². The van der Waals surface area contributed by atoms with E-state index in [4.69, 9.17) is 15.8 Å². The van der Waals surface area contributed by atoms with Gasteiger partial charge in [0, 0.05) is 0 Å². The summed E-state index contributed by atoms with van der Waals surface area (Å²) in [5.41, 5.74) is 0.702. The summed E-state index contributed by atoms with van der Waals surface area (Å²) in [6.45, 7) is 9.74. The highest BCUT2D eigenvalue weighted by molar-refractivity contribution is 5.21. The quantitative estimate of drug-likeness (QED) is 0.299. The highest BCUT2D eigenvalue weighted by atomic mass is 17.1. The zero-order chi connectivity index (χ0) is 21.5. The van der Waals surface area contributed by atoms with Crippen molar-refractivity contribution in [3.05, 3.63) is 71.8 Å². The summed E-state index contributed by atoms with van der Waals surface area (Å²) in [6.07, 6.45) is 2.01. The van der Waals surface area contributed by atoms with Crippen LogP contribution in [-0.4, -0.2) is 22.4 Å². The van der Waals surface area contributed by atoms with E-state index in [1.54, 1.807) is 0 Å².